The molecule has 0 bridgehead atoms. The number of fused-ring (bicyclic) bond motifs is 1. The third kappa shape index (κ3) is 4.21. The lowest BCUT2D eigenvalue weighted by molar-refractivity contribution is -0.135. The number of hydrogen-bond donors (Lipinski definition) is 3. The van der Waals surface area contributed by atoms with Gasteiger partial charge in [0.1, 0.15) is 5.66 Å². The fourth-order valence-electron chi connectivity index (χ4n) is 3.77. The number of carbonyl (C=O) groups excluding carboxylic acids is 3. The van der Waals surface area contributed by atoms with Crippen LogP contribution in [0.1, 0.15) is 35.2 Å². The van der Waals surface area contributed by atoms with Gasteiger partial charge in [-0.2, -0.15) is 0 Å². The van der Waals surface area contributed by atoms with E-state index in [1.54, 1.807) is 23.4 Å². The zero-order chi connectivity index (χ0) is 20.3. The molecule has 1 spiro atoms. The molecule has 1 aromatic carbocycles. The van der Waals surface area contributed by atoms with Gasteiger partial charge in [-0.25, -0.2) is 0 Å². The summed E-state index contributed by atoms with van der Waals surface area (Å²) in [6, 6.07) is 11.0. The number of rotatable bonds is 4. The van der Waals surface area contributed by atoms with Crippen LogP contribution in [0.15, 0.2) is 48.8 Å². The molecule has 3 amide bonds. The summed E-state index contributed by atoms with van der Waals surface area (Å²) in [6.07, 6.45) is 4.59. The molecule has 3 heterocycles. The quantitative estimate of drug-likeness (QED) is 0.726. The first-order valence-electron chi connectivity index (χ1n) is 9.68. The number of benzene rings is 1. The van der Waals surface area contributed by atoms with E-state index in [1.165, 1.54) is 0 Å². The van der Waals surface area contributed by atoms with E-state index in [0.29, 0.717) is 31.5 Å². The summed E-state index contributed by atoms with van der Waals surface area (Å²) in [4.78, 5) is 42.9. The Morgan fingerprint density at radius 2 is 1.90 bits per heavy atom. The molecule has 1 saturated heterocycles. The molecule has 8 nitrogen and oxygen atoms in total. The molecule has 0 radical (unpaired) electrons. The number of anilines is 1. The van der Waals surface area contributed by atoms with Gasteiger partial charge in [-0.05, 0) is 36.2 Å². The summed E-state index contributed by atoms with van der Waals surface area (Å²) >= 11 is 0. The summed E-state index contributed by atoms with van der Waals surface area (Å²) < 4.78 is 0. The molecule has 0 saturated carbocycles. The average Bonchev–Trinajstić information content (AvgIpc) is 2.87. The Hall–Kier alpha value is -3.42. The molecule has 1 unspecified atom stereocenters. The van der Waals surface area contributed by atoms with Crippen LogP contribution in [-0.2, 0) is 16.1 Å². The fraction of sp³-hybridized carbons (Fsp3) is 0.333. The van der Waals surface area contributed by atoms with E-state index >= 15 is 0 Å². The van der Waals surface area contributed by atoms with Crippen LogP contribution in [0.5, 0.6) is 0 Å². The van der Waals surface area contributed by atoms with Crippen LogP contribution in [0.4, 0.5) is 5.69 Å². The van der Waals surface area contributed by atoms with Gasteiger partial charge >= 0.3 is 0 Å². The van der Waals surface area contributed by atoms with Gasteiger partial charge in [-0.1, -0.05) is 12.1 Å². The van der Waals surface area contributed by atoms with Gasteiger partial charge in [-0.15, -0.1) is 0 Å². The van der Waals surface area contributed by atoms with Crippen LogP contribution in [0.2, 0.25) is 0 Å². The Morgan fingerprint density at radius 1 is 1.10 bits per heavy atom. The Kier molecular flexibility index (Phi) is 5.16. The number of amides is 3. The Balaban J connectivity index is 1.38. The van der Waals surface area contributed by atoms with Crippen LogP contribution in [-0.4, -0.2) is 46.4 Å². The van der Waals surface area contributed by atoms with Crippen LogP contribution >= 0.6 is 0 Å². The highest BCUT2D eigenvalue weighted by molar-refractivity contribution is 6.02. The Bertz CT molecular complexity index is 933. The van der Waals surface area contributed by atoms with E-state index in [9.17, 15) is 14.4 Å². The monoisotopic (exact) mass is 393 g/mol. The van der Waals surface area contributed by atoms with Crippen molar-refractivity contribution in [3.8, 4) is 0 Å². The third-order valence-electron chi connectivity index (χ3n) is 5.40. The fourth-order valence-corrected chi connectivity index (χ4v) is 3.77. The number of nitrogens with zero attached hydrogens (tertiary/aromatic N) is 2. The van der Waals surface area contributed by atoms with Gasteiger partial charge in [0, 0.05) is 44.0 Å². The maximum absolute atomic E-state index is 12.6. The van der Waals surface area contributed by atoms with Crippen LogP contribution in [0.25, 0.3) is 0 Å². The molecule has 1 fully saturated rings. The number of likely N-dealkylation sites (tertiary alicyclic amines) is 1. The molecule has 3 N–H and O–H groups in total. The number of carbonyl (C=O) groups is 3. The summed E-state index contributed by atoms with van der Waals surface area (Å²) in [5, 5.41) is 9.27. The smallest absolute Gasteiger partial charge is 0.255 e. The number of aromatic nitrogens is 1. The molecule has 1 aromatic heterocycles. The minimum atomic E-state index is -0.677. The minimum absolute atomic E-state index is 0.00449. The molecule has 4 rings (SSSR count). The van der Waals surface area contributed by atoms with Crippen molar-refractivity contribution < 1.29 is 14.4 Å². The SMILES string of the molecule is O=C(CN1CCC2(CCC1=O)NC(=O)c1ccccc1N2)NCc1ccncc1. The Labute approximate surface area is 168 Å². The van der Waals surface area contributed by atoms with Crippen molar-refractivity contribution in [1.29, 1.82) is 0 Å². The number of pyridine rings is 1. The predicted molar refractivity (Wildman–Crippen MR) is 107 cm³/mol. The second kappa shape index (κ2) is 7.90. The molecule has 2 aliphatic heterocycles. The molecular weight excluding hydrogens is 370 g/mol. The lowest BCUT2D eigenvalue weighted by Crippen LogP contribution is -2.58. The number of hydrogen-bond acceptors (Lipinski definition) is 5. The predicted octanol–water partition coefficient (Wildman–Crippen LogP) is 1.26. The summed E-state index contributed by atoms with van der Waals surface area (Å²) in [5.41, 5.74) is 1.64. The molecule has 2 aromatic rings. The molecule has 2 aliphatic rings. The normalized spacial score (nSPS) is 21.0. The van der Waals surface area contributed by atoms with Crippen molar-refractivity contribution in [2.45, 2.75) is 31.5 Å². The second-order valence-corrected chi connectivity index (χ2v) is 7.40. The third-order valence-corrected chi connectivity index (χ3v) is 5.40. The van der Waals surface area contributed by atoms with E-state index in [1.807, 2.05) is 30.3 Å². The van der Waals surface area contributed by atoms with E-state index in [4.69, 9.17) is 0 Å². The highest BCUT2D eigenvalue weighted by atomic mass is 16.2. The first-order chi connectivity index (χ1) is 14.0. The van der Waals surface area contributed by atoms with Crippen molar-refractivity contribution in [1.82, 2.24) is 20.5 Å². The van der Waals surface area contributed by atoms with E-state index in [-0.39, 0.29) is 30.7 Å². The summed E-state index contributed by atoms with van der Waals surface area (Å²) in [6.45, 7) is 0.781. The topological polar surface area (TPSA) is 103 Å². The van der Waals surface area contributed by atoms with E-state index in [0.717, 1.165) is 11.3 Å². The largest absolute Gasteiger partial charge is 0.362 e. The van der Waals surface area contributed by atoms with Gasteiger partial charge in [0.25, 0.3) is 5.91 Å². The van der Waals surface area contributed by atoms with Crippen molar-refractivity contribution in [3.63, 3.8) is 0 Å². The van der Waals surface area contributed by atoms with Gasteiger partial charge in [0.2, 0.25) is 11.8 Å². The van der Waals surface area contributed by atoms with Gasteiger partial charge in [0.05, 0.1) is 12.1 Å². The second-order valence-electron chi connectivity index (χ2n) is 7.40. The number of nitrogens with one attached hydrogen (secondary N) is 3. The van der Waals surface area contributed by atoms with Crippen molar-refractivity contribution in [2.24, 2.45) is 0 Å². The molecule has 8 heteroatoms. The van der Waals surface area contributed by atoms with Crippen LogP contribution < -0.4 is 16.0 Å². The molecule has 0 aliphatic carbocycles. The van der Waals surface area contributed by atoms with Gasteiger partial charge in [-0.3, -0.25) is 19.4 Å². The lowest BCUT2D eigenvalue weighted by Gasteiger charge is -2.39. The zero-order valence-electron chi connectivity index (χ0n) is 16.0. The number of para-hydroxylation sites is 1. The van der Waals surface area contributed by atoms with Gasteiger partial charge in [0.15, 0.2) is 0 Å². The Morgan fingerprint density at radius 3 is 2.72 bits per heavy atom. The maximum atomic E-state index is 12.6. The molecule has 1 atom stereocenters. The van der Waals surface area contributed by atoms with Crippen molar-refractivity contribution >= 4 is 23.4 Å². The molecular formula is C21H23N5O3. The summed E-state index contributed by atoms with van der Waals surface area (Å²) in [7, 11) is 0. The standard InChI is InChI=1S/C21H23N5O3/c27-18(23-13-15-6-10-22-11-7-15)14-26-12-9-21(8-5-19(26)28)24-17-4-2-1-3-16(17)20(29)25-21/h1-4,6-7,10-11,24H,5,8-9,12-14H2,(H,23,27)(H,25,29). The maximum Gasteiger partial charge on any atom is 0.255 e. The van der Waals surface area contributed by atoms with E-state index in [2.05, 4.69) is 20.9 Å². The summed E-state index contributed by atoms with van der Waals surface area (Å²) in [5.74, 6) is -0.441. The lowest BCUT2D eigenvalue weighted by atomic mass is 9.95. The highest BCUT2D eigenvalue weighted by Crippen LogP contribution is 2.31. The first kappa shape index (κ1) is 18.9. The minimum Gasteiger partial charge on any atom is -0.362 e. The van der Waals surface area contributed by atoms with Gasteiger partial charge < -0.3 is 20.9 Å². The first-order valence-corrected chi connectivity index (χ1v) is 9.68. The molecule has 29 heavy (non-hydrogen) atoms. The van der Waals surface area contributed by atoms with Crippen LogP contribution in [0, 0.1) is 0 Å². The van der Waals surface area contributed by atoms with Crippen LogP contribution in [0.3, 0.4) is 0 Å². The van der Waals surface area contributed by atoms with E-state index < -0.39 is 5.66 Å². The van der Waals surface area contributed by atoms with Crippen molar-refractivity contribution in [3.05, 3.63) is 59.9 Å². The average molecular weight is 393 g/mol. The highest BCUT2D eigenvalue weighted by Gasteiger charge is 2.40. The van der Waals surface area contributed by atoms with Crippen molar-refractivity contribution in [2.75, 3.05) is 18.4 Å². The zero-order valence-corrected chi connectivity index (χ0v) is 16.0. The molecule has 150 valence electrons.